The summed E-state index contributed by atoms with van der Waals surface area (Å²) in [4.78, 5) is 37.1. The molecule has 0 N–H and O–H groups in total. The molecule has 1 aromatic carbocycles. The minimum Gasteiger partial charge on any atom is -0.493 e. The molecule has 0 spiro atoms. The van der Waals surface area contributed by atoms with Crippen LogP contribution in [0, 0.1) is 6.92 Å². The molecule has 26 heavy (non-hydrogen) atoms. The first-order valence-corrected chi connectivity index (χ1v) is 12.4. The number of hydrogen-bond acceptors (Lipinski definition) is 5. The van der Waals surface area contributed by atoms with E-state index >= 15 is 0 Å². The van der Waals surface area contributed by atoms with Crippen LogP contribution in [0.4, 0.5) is 10.5 Å². The van der Waals surface area contributed by atoms with E-state index < -0.39 is 14.0 Å². The number of fused-ring (bicyclic) bond motifs is 1. The minimum atomic E-state index is -1.33. The summed E-state index contributed by atoms with van der Waals surface area (Å²) in [5.41, 5.74) is 3.11. The number of hydrogen-bond donors (Lipinski definition) is 0. The first-order chi connectivity index (χ1) is 12.1. The number of ether oxygens (including phenoxy) is 2. The summed E-state index contributed by atoms with van der Waals surface area (Å²) in [6, 6.07) is 0.920. The average molecular weight is 375 g/mol. The van der Waals surface area contributed by atoms with E-state index in [1.807, 2.05) is 6.92 Å². The fourth-order valence-electron chi connectivity index (χ4n) is 3.06. The number of carbonyl (C=O) groups is 3. The van der Waals surface area contributed by atoms with Gasteiger partial charge in [-0.25, -0.2) is 4.79 Å². The van der Waals surface area contributed by atoms with Crippen molar-refractivity contribution in [3.63, 3.8) is 0 Å². The lowest BCUT2D eigenvalue weighted by Gasteiger charge is -2.26. The van der Waals surface area contributed by atoms with Crippen molar-refractivity contribution in [1.82, 2.24) is 0 Å². The molecule has 1 aromatic rings. The van der Waals surface area contributed by atoms with E-state index in [0.717, 1.165) is 23.5 Å². The van der Waals surface area contributed by atoms with Crippen LogP contribution in [-0.4, -0.2) is 47.6 Å². The van der Waals surface area contributed by atoms with E-state index in [1.54, 1.807) is 7.05 Å². The van der Waals surface area contributed by atoms with E-state index in [-0.39, 0.29) is 18.8 Å². The first-order valence-electron chi connectivity index (χ1n) is 8.74. The van der Waals surface area contributed by atoms with Crippen molar-refractivity contribution < 1.29 is 23.9 Å². The van der Waals surface area contributed by atoms with Crippen LogP contribution < -0.4 is 9.64 Å². The molecule has 0 saturated heterocycles. The number of anilines is 1. The highest BCUT2D eigenvalue weighted by atomic mass is 28.3. The van der Waals surface area contributed by atoms with Crippen LogP contribution >= 0.6 is 0 Å². The zero-order valence-corrected chi connectivity index (χ0v) is 17.4. The number of esters is 1. The Morgan fingerprint density at radius 1 is 1.38 bits per heavy atom. The number of nitrogens with zero attached hydrogens (tertiary/aromatic N) is 1. The lowest BCUT2D eigenvalue weighted by atomic mass is 9.93. The maximum Gasteiger partial charge on any atom is 0.342 e. The van der Waals surface area contributed by atoms with Crippen LogP contribution in [0.1, 0.15) is 27.0 Å². The molecule has 0 aromatic heterocycles. The highest BCUT2D eigenvalue weighted by Crippen LogP contribution is 2.42. The topological polar surface area (TPSA) is 72.9 Å². The third-order valence-electron chi connectivity index (χ3n) is 4.64. The maximum absolute atomic E-state index is 12.3. The molecule has 140 valence electrons. The molecule has 0 saturated carbocycles. The normalized spacial score (nSPS) is 13.2. The standard InChI is InChI=1S/C18H26BNO5Si/c1-11-13-10-25-17(22)14(13)16(24-8-9-26(3,4)5)12(6-7-21)15(11)20(2)18(19)23/h7H,6,8-10,19H2,1-5H3. The number of benzene rings is 1. The lowest BCUT2D eigenvalue weighted by Crippen LogP contribution is -2.28. The van der Waals surface area contributed by atoms with E-state index in [9.17, 15) is 14.4 Å². The van der Waals surface area contributed by atoms with Crippen molar-refractivity contribution in [2.24, 2.45) is 0 Å². The van der Waals surface area contributed by atoms with Gasteiger partial charge in [-0.15, -0.1) is 0 Å². The van der Waals surface area contributed by atoms with Gasteiger partial charge in [-0.2, -0.15) is 0 Å². The Labute approximate surface area is 156 Å². The molecular formula is C18H26BNO5Si. The second-order valence-electron chi connectivity index (χ2n) is 7.82. The molecule has 0 fully saturated rings. The van der Waals surface area contributed by atoms with Crippen LogP contribution in [0.2, 0.25) is 25.7 Å². The summed E-state index contributed by atoms with van der Waals surface area (Å²) in [5, 5.41) is 0. The fourth-order valence-corrected chi connectivity index (χ4v) is 3.78. The molecule has 6 nitrogen and oxygen atoms in total. The van der Waals surface area contributed by atoms with Crippen molar-refractivity contribution in [3.8, 4) is 5.75 Å². The van der Waals surface area contributed by atoms with Crippen LogP contribution in [0.25, 0.3) is 0 Å². The Morgan fingerprint density at radius 2 is 2.04 bits per heavy atom. The molecule has 1 aliphatic rings. The maximum atomic E-state index is 12.3. The Kier molecular flexibility index (Phi) is 5.95. The largest absolute Gasteiger partial charge is 0.493 e. The predicted octanol–water partition coefficient (Wildman–Crippen LogP) is 2.31. The Bertz CT molecular complexity index is 757. The van der Waals surface area contributed by atoms with Crippen molar-refractivity contribution in [3.05, 3.63) is 22.3 Å². The van der Waals surface area contributed by atoms with Crippen LogP contribution in [0.3, 0.4) is 0 Å². The van der Waals surface area contributed by atoms with Gasteiger partial charge in [0.2, 0.25) is 7.85 Å². The Hall–Kier alpha value is -2.09. The summed E-state index contributed by atoms with van der Waals surface area (Å²) in [6.45, 7) is 9.19. The second-order valence-corrected chi connectivity index (χ2v) is 13.4. The SMILES string of the molecule is BC(=O)N(C)c1c(C)c2c(c(OCC[Si](C)(C)C)c1CC=O)C(=O)OC2. The van der Waals surface area contributed by atoms with Crippen molar-refractivity contribution >= 4 is 39.7 Å². The summed E-state index contributed by atoms with van der Waals surface area (Å²) < 4.78 is 11.3. The number of cyclic esters (lactones) is 1. The van der Waals surface area contributed by atoms with E-state index in [4.69, 9.17) is 9.47 Å². The van der Waals surface area contributed by atoms with Gasteiger partial charge in [0, 0.05) is 32.7 Å². The minimum absolute atomic E-state index is 0.0661. The fraction of sp³-hybridized carbons (Fsp3) is 0.500. The quantitative estimate of drug-likeness (QED) is 0.415. The van der Waals surface area contributed by atoms with Gasteiger partial charge in [0.15, 0.2) is 5.81 Å². The van der Waals surface area contributed by atoms with Gasteiger partial charge in [-0.3, -0.25) is 4.79 Å². The lowest BCUT2D eigenvalue weighted by molar-refractivity contribution is -0.107. The number of carbonyl (C=O) groups excluding carboxylic acids is 3. The summed E-state index contributed by atoms with van der Waals surface area (Å²) >= 11 is 0. The molecule has 2 rings (SSSR count). The van der Waals surface area contributed by atoms with Crippen LogP contribution in [0.5, 0.6) is 5.75 Å². The Balaban J connectivity index is 2.64. The van der Waals surface area contributed by atoms with E-state index in [0.29, 0.717) is 29.2 Å². The summed E-state index contributed by atoms with van der Waals surface area (Å²) in [6.07, 6.45) is 0.834. The van der Waals surface area contributed by atoms with Gasteiger partial charge in [-0.1, -0.05) is 19.6 Å². The molecule has 0 unspecified atom stereocenters. The molecule has 0 aliphatic carbocycles. The molecule has 0 atom stereocenters. The van der Waals surface area contributed by atoms with Crippen LogP contribution in [-0.2, 0) is 22.6 Å². The highest BCUT2D eigenvalue weighted by Gasteiger charge is 2.34. The van der Waals surface area contributed by atoms with Crippen LogP contribution in [0.15, 0.2) is 0 Å². The van der Waals surface area contributed by atoms with E-state index in [1.165, 1.54) is 12.7 Å². The molecule has 1 amide bonds. The first kappa shape index (κ1) is 20.2. The van der Waals surface area contributed by atoms with Crippen molar-refractivity contribution in [2.75, 3.05) is 18.6 Å². The number of rotatable bonds is 7. The predicted molar refractivity (Wildman–Crippen MR) is 106 cm³/mol. The average Bonchev–Trinajstić information content (AvgIpc) is 2.91. The molecule has 1 heterocycles. The molecular weight excluding hydrogens is 349 g/mol. The summed E-state index contributed by atoms with van der Waals surface area (Å²) in [5.74, 6) is -0.199. The van der Waals surface area contributed by atoms with Gasteiger partial charge in [0.1, 0.15) is 24.2 Å². The molecule has 8 heteroatoms. The second kappa shape index (κ2) is 7.65. The monoisotopic (exact) mass is 375 g/mol. The smallest absolute Gasteiger partial charge is 0.342 e. The number of amides is 1. The van der Waals surface area contributed by atoms with Crippen molar-refractivity contribution in [2.45, 2.75) is 45.6 Å². The third-order valence-corrected chi connectivity index (χ3v) is 6.35. The van der Waals surface area contributed by atoms with E-state index in [2.05, 4.69) is 19.6 Å². The molecule has 0 radical (unpaired) electrons. The van der Waals surface area contributed by atoms with Gasteiger partial charge in [0.25, 0.3) is 0 Å². The van der Waals surface area contributed by atoms with Gasteiger partial charge < -0.3 is 19.2 Å². The van der Waals surface area contributed by atoms with Gasteiger partial charge >= 0.3 is 5.97 Å². The number of aldehydes is 1. The van der Waals surface area contributed by atoms with Crippen molar-refractivity contribution in [1.29, 1.82) is 0 Å². The van der Waals surface area contributed by atoms with Gasteiger partial charge in [-0.05, 0) is 18.5 Å². The zero-order chi connectivity index (χ0) is 19.6. The third kappa shape index (κ3) is 4.01. The summed E-state index contributed by atoms with van der Waals surface area (Å²) in [7, 11) is 1.80. The molecule has 0 bridgehead atoms. The highest BCUT2D eigenvalue weighted by molar-refractivity contribution is 6.76. The Morgan fingerprint density at radius 3 is 2.58 bits per heavy atom. The van der Waals surface area contributed by atoms with Gasteiger partial charge in [0.05, 0.1) is 12.3 Å². The molecule has 1 aliphatic heterocycles. The zero-order valence-electron chi connectivity index (χ0n) is 16.4.